The Bertz CT molecular complexity index is 361. The zero-order valence-electron chi connectivity index (χ0n) is 12.4. The lowest BCUT2D eigenvalue weighted by Crippen LogP contribution is -2.46. The fraction of sp³-hybridized carbons (Fsp3) is 0.867. The predicted molar refractivity (Wildman–Crippen MR) is 74.5 cm³/mol. The summed E-state index contributed by atoms with van der Waals surface area (Å²) in [6.07, 6.45) is 4.76. The first-order valence-electron chi connectivity index (χ1n) is 7.54. The number of nitrogens with one attached hydrogen (secondary N) is 1. The van der Waals surface area contributed by atoms with Gasteiger partial charge in [-0.2, -0.15) is 0 Å². The van der Waals surface area contributed by atoms with Gasteiger partial charge in [-0.25, -0.2) is 0 Å². The van der Waals surface area contributed by atoms with E-state index in [4.69, 9.17) is 0 Å². The maximum atomic E-state index is 12.6. The molecule has 1 heterocycles. The lowest BCUT2D eigenvalue weighted by Gasteiger charge is -2.28. The van der Waals surface area contributed by atoms with Gasteiger partial charge in [0.05, 0.1) is 0 Å². The van der Waals surface area contributed by atoms with Crippen LogP contribution in [-0.2, 0) is 9.59 Å². The standard InChI is InChI=1S/C15H26N2O2/c1-4-15(6-7-15)10-17-8-5-13(18)16-12(14(17)19)9-11(2)3/h11-12H,4-10H2,1-3H3,(H,16,18). The molecular weight excluding hydrogens is 240 g/mol. The summed E-state index contributed by atoms with van der Waals surface area (Å²) < 4.78 is 0. The van der Waals surface area contributed by atoms with E-state index in [0.29, 0.717) is 24.3 Å². The Labute approximate surface area is 115 Å². The quantitative estimate of drug-likeness (QED) is 0.826. The van der Waals surface area contributed by atoms with Gasteiger partial charge in [0.15, 0.2) is 0 Å². The zero-order valence-corrected chi connectivity index (χ0v) is 12.4. The number of carbonyl (C=O) groups excluding carboxylic acids is 2. The molecule has 1 N–H and O–H groups in total. The molecule has 0 aromatic rings. The maximum Gasteiger partial charge on any atom is 0.245 e. The minimum Gasteiger partial charge on any atom is -0.344 e. The van der Waals surface area contributed by atoms with E-state index in [0.717, 1.165) is 19.4 Å². The summed E-state index contributed by atoms with van der Waals surface area (Å²) >= 11 is 0. The molecule has 0 aromatic heterocycles. The normalized spacial score (nSPS) is 26.3. The number of hydrogen-bond donors (Lipinski definition) is 1. The van der Waals surface area contributed by atoms with Crippen LogP contribution in [-0.4, -0.2) is 35.8 Å². The summed E-state index contributed by atoms with van der Waals surface area (Å²) in [5, 5.41) is 2.88. The second-order valence-corrected chi connectivity index (χ2v) is 6.61. The van der Waals surface area contributed by atoms with Gasteiger partial charge in [0.2, 0.25) is 11.8 Å². The van der Waals surface area contributed by atoms with Gasteiger partial charge in [-0.3, -0.25) is 9.59 Å². The Morgan fingerprint density at radius 3 is 2.58 bits per heavy atom. The highest BCUT2D eigenvalue weighted by atomic mass is 16.2. The summed E-state index contributed by atoms with van der Waals surface area (Å²) in [4.78, 5) is 26.2. The van der Waals surface area contributed by atoms with Gasteiger partial charge in [0.1, 0.15) is 6.04 Å². The first-order valence-corrected chi connectivity index (χ1v) is 7.54. The van der Waals surface area contributed by atoms with Crippen LogP contribution in [0.25, 0.3) is 0 Å². The molecule has 2 amide bonds. The molecule has 4 nitrogen and oxygen atoms in total. The molecule has 2 aliphatic rings. The molecule has 1 saturated heterocycles. The van der Waals surface area contributed by atoms with Crippen molar-refractivity contribution in [1.82, 2.24) is 10.2 Å². The van der Waals surface area contributed by atoms with Crippen molar-refractivity contribution >= 4 is 11.8 Å². The number of rotatable bonds is 5. The monoisotopic (exact) mass is 266 g/mol. The first-order chi connectivity index (χ1) is 8.96. The highest BCUT2D eigenvalue weighted by Crippen LogP contribution is 2.49. The molecule has 1 saturated carbocycles. The maximum absolute atomic E-state index is 12.6. The molecule has 0 spiro atoms. The summed E-state index contributed by atoms with van der Waals surface area (Å²) in [5.74, 6) is 0.553. The fourth-order valence-electron chi connectivity index (χ4n) is 2.89. The van der Waals surface area contributed by atoms with E-state index < -0.39 is 0 Å². The Morgan fingerprint density at radius 1 is 1.37 bits per heavy atom. The van der Waals surface area contributed by atoms with Crippen molar-refractivity contribution in [3.63, 3.8) is 0 Å². The number of amides is 2. The molecule has 2 rings (SSSR count). The molecule has 0 aromatic carbocycles. The van der Waals surface area contributed by atoms with E-state index in [9.17, 15) is 9.59 Å². The van der Waals surface area contributed by atoms with Gasteiger partial charge in [0.25, 0.3) is 0 Å². The van der Waals surface area contributed by atoms with Crippen molar-refractivity contribution in [1.29, 1.82) is 0 Å². The van der Waals surface area contributed by atoms with Crippen LogP contribution < -0.4 is 5.32 Å². The number of hydrogen-bond acceptors (Lipinski definition) is 2. The van der Waals surface area contributed by atoms with E-state index in [1.807, 2.05) is 4.90 Å². The van der Waals surface area contributed by atoms with Crippen LogP contribution in [0.1, 0.15) is 52.9 Å². The largest absolute Gasteiger partial charge is 0.344 e. The minimum atomic E-state index is -0.317. The van der Waals surface area contributed by atoms with E-state index in [1.54, 1.807) is 0 Å². The van der Waals surface area contributed by atoms with Crippen LogP contribution >= 0.6 is 0 Å². The lowest BCUT2D eigenvalue weighted by atomic mass is 10.0. The number of carbonyl (C=O) groups is 2. The average Bonchev–Trinajstić information content (AvgIpc) is 3.13. The van der Waals surface area contributed by atoms with Gasteiger partial charge in [-0.1, -0.05) is 20.8 Å². The molecule has 1 atom stereocenters. The van der Waals surface area contributed by atoms with Gasteiger partial charge in [-0.05, 0) is 37.0 Å². The predicted octanol–water partition coefficient (Wildman–Crippen LogP) is 1.94. The SMILES string of the molecule is CCC1(CN2CCC(=O)NC(CC(C)C)C2=O)CC1. The highest BCUT2D eigenvalue weighted by molar-refractivity contribution is 5.90. The molecule has 1 aliphatic heterocycles. The Kier molecular flexibility index (Phi) is 4.16. The van der Waals surface area contributed by atoms with Crippen molar-refractivity contribution in [3.05, 3.63) is 0 Å². The third-order valence-corrected chi connectivity index (χ3v) is 4.49. The second kappa shape index (κ2) is 5.51. The van der Waals surface area contributed by atoms with E-state index in [-0.39, 0.29) is 17.9 Å². The van der Waals surface area contributed by atoms with Crippen LogP contribution in [0.2, 0.25) is 0 Å². The molecule has 0 bridgehead atoms. The van der Waals surface area contributed by atoms with Crippen molar-refractivity contribution < 1.29 is 9.59 Å². The summed E-state index contributed by atoms with van der Waals surface area (Å²) in [5.41, 5.74) is 0.353. The van der Waals surface area contributed by atoms with Gasteiger partial charge < -0.3 is 10.2 Å². The van der Waals surface area contributed by atoms with Crippen LogP contribution in [0.5, 0.6) is 0 Å². The summed E-state index contributed by atoms with van der Waals surface area (Å²) in [6, 6.07) is -0.317. The molecule has 0 radical (unpaired) electrons. The van der Waals surface area contributed by atoms with Crippen molar-refractivity contribution in [2.24, 2.45) is 11.3 Å². The Hall–Kier alpha value is -1.06. The molecule has 1 unspecified atom stereocenters. The highest BCUT2D eigenvalue weighted by Gasteiger charge is 2.44. The fourth-order valence-corrected chi connectivity index (χ4v) is 2.89. The average molecular weight is 266 g/mol. The van der Waals surface area contributed by atoms with Crippen molar-refractivity contribution in [2.45, 2.75) is 58.9 Å². The lowest BCUT2D eigenvalue weighted by molar-refractivity contribution is -0.134. The van der Waals surface area contributed by atoms with Crippen molar-refractivity contribution in [2.75, 3.05) is 13.1 Å². The molecular formula is C15H26N2O2. The number of nitrogens with zero attached hydrogens (tertiary/aromatic N) is 1. The van der Waals surface area contributed by atoms with Crippen LogP contribution in [0.3, 0.4) is 0 Å². The topological polar surface area (TPSA) is 49.4 Å². The van der Waals surface area contributed by atoms with Crippen molar-refractivity contribution in [3.8, 4) is 0 Å². The first kappa shape index (κ1) is 14.4. The zero-order chi connectivity index (χ0) is 14.0. The molecule has 108 valence electrons. The Balaban J connectivity index is 2.05. The van der Waals surface area contributed by atoms with Gasteiger partial charge >= 0.3 is 0 Å². The second-order valence-electron chi connectivity index (χ2n) is 6.61. The third kappa shape index (κ3) is 3.48. The molecule has 19 heavy (non-hydrogen) atoms. The van der Waals surface area contributed by atoms with Crippen LogP contribution in [0.15, 0.2) is 0 Å². The summed E-state index contributed by atoms with van der Waals surface area (Å²) in [7, 11) is 0. The molecule has 2 fully saturated rings. The van der Waals surface area contributed by atoms with E-state index >= 15 is 0 Å². The van der Waals surface area contributed by atoms with Crippen LogP contribution in [0, 0.1) is 11.3 Å². The van der Waals surface area contributed by atoms with Gasteiger partial charge in [0, 0.05) is 19.5 Å². The van der Waals surface area contributed by atoms with E-state index in [1.165, 1.54) is 12.8 Å². The molecule has 4 heteroatoms. The van der Waals surface area contributed by atoms with Gasteiger partial charge in [-0.15, -0.1) is 0 Å². The Morgan fingerprint density at radius 2 is 2.05 bits per heavy atom. The van der Waals surface area contributed by atoms with Crippen LogP contribution in [0.4, 0.5) is 0 Å². The smallest absolute Gasteiger partial charge is 0.245 e. The van der Waals surface area contributed by atoms with E-state index in [2.05, 4.69) is 26.1 Å². The summed E-state index contributed by atoms with van der Waals surface area (Å²) in [6.45, 7) is 7.80. The molecule has 1 aliphatic carbocycles. The third-order valence-electron chi connectivity index (χ3n) is 4.49. The minimum absolute atomic E-state index is 0.0165.